The molecule has 4 unspecified atom stereocenters. The number of rotatable bonds is 34. The molecule has 1 amide bonds. The lowest BCUT2D eigenvalue weighted by molar-refractivity contribution is -0.132. The van der Waals surface area contributed by atoms with Gasteiger partial charge in [0.25, 0.3) is 0 Å². The first kappa shape index (κ1) is 42.3. The number of hydrogen-bond acceptors (Lipinski definition) is 5. The van der Waals surface area contributed by atoms with Crippen LogP contribution in [0.3, 0.4) is 0 Å². The van der Waals surface area contributed by atoms with Gasteiger partial charge in [-0.05, 0) is 12.8 Å². The van der Waals surface area contributed by atoms with Crippen molar-refractivity contribution >= 4 is 5.91 Å². The summed E-state index contributed by atoms with van der Waals surface area (Å²) in [5.41, 5.74) is 0. The summed E-state index contributed by atoms with van der Waals surface area (Å²) in [6.07, 6.45) is 31.2. The van der Waals surface area contributed by atoms with Gasteiger partial charge in [-0.25, -0.2) is 0 Å². The molecule has 0 aromatic heterocycles. The van der Waals surface area contributed by atoms with Crippen LogP contribution in [0.2, 0.25) is 0 Å². The first-order valence-corrected chi connectivity index (χ1v) is 18.9. The van der Waals surface area contributed by atoms with Crippen LogP contribution in [0.5, 0.6) is 0 Å². The van der Waals surface area contributed by atoms with Gasteiger partial charge in [-0.2, -0.15) is 0 Å². The molecule has 43 heavy (non-hydrogen) atoms. The smallest absolute Gasteiger partial charge is 0.249 e. The number of amides is 1. The highest BCUT2D eigenvalue weighted by atomic mass is 16.3. The van der Waals surface area contributed by atoms with Crippen molar-refractivity contribution in [2.75, 3.05) is 6.61 Å². The number of carbonyl (C=O) groups excluding carboxylic acids is 1. The van der Waals surface area contributed by atoms with Gasteiger partial charge in [-0.3, -0.25) is 4.79 Å². The van der Waals surface area contributed by atoms with E-state index in [1.54, 1.807) is 0 Å². The second kappa shape index (κ2) is 32.7. The minimum absolute atomic E-state index is 0.375. The molecule has 258 valence electrons. The Kier molecular flexibility index (Phi) is 32.2. The van der Waals surface area contributed by atoms with Gasteiger partial charge in [0.05, 0.1) is 18.8 Å². The Hall–Kier alpha value is -0.690. The molecule has 5 N–H and O–H groups in total. The fraction of sp³-hybridized carbons (Fsp3) is 0.973. The number of unbranched alkanes of at least 4 members (excludes halogenated alkanes) is 25. The van der Waals surface area contributed by atoms with Crippen molar-refractivity contribution in [2.45, 2.75) is 224 Å². The van der Waals surface area contributed by atoms with Crippen molar-refractivity contribution in [1.29, 1.82) is 0 Å². The maximum Gasteiger partial charge on any atom is 0.249 e. The van der Waals surface area contributed by atoms with Crippen LogP contribution in [0.4, 0.5) is 0 Å². The van der Waals surface area contributed by atoms with Crippen LogP contribution in [-0.4, -0.2) is 57.3 Å². The van der Waals surface area contributed by atoms with Crippen LogP contribution >= 0.6 is 0 Å². The molecule has 0 saturated carbocycles. The van der Waals surface area contributed by atoms with Crippen molar-refractivity contribution in [2.24, 2.45) is 0 Å². The number of carbonyl (C=O) groups is 1. The van der Waals surface area contributed by atoms with Gasteiger partial charge in [0.1, 0.15) is 12.2 Å². The van der Waals surface area contributed by atoms with Crippen LogP contribution in [0.1, 0.15) is 200 Å². The van der Waals surface area contributed by atoms with Crippen molar-refractivity contribution < 1.29 is 25.2 Å². The summed E-state index contributed by atoms with van der Waals surface area (Å²) in [6, 6.07) is -0.976. The lowest BCUT2D eigenvalue weighted by Crippen LogP contribution is -2.53. The van der Waals surface area contributed by atoms with Gasteiger partial charge in [-0.1, -0.05) is 187 Å². The van der Waals surface area contributed by atoms with Crippen LogP contribution in [0.15, 0.2) is 0 Å². The Labute approximate surface area is 267 Å². The van der Waals surface area contributed by atoms with Gasteiger partial charge < -0.3 is 25.7 Å². The fourth-order valence-corrected chi connectivity index (χ4v) is 5.99. The van der Waals surface area contributed by atoms with Gasteiger partial charge >= 0.3 is 0 Å². The zero-order chi connectivity index (χ0) is 31.8. The Morgan fingerprint density at radius 1 is 0.488 bits per heavy atom. The molecule has 4 atom stereocenters. The summed E-state index contributed by atoms with van der Waals surface area (Å²) >= 11 is 0. The van der Waals surface area contributed by atoms with Crippen LogP contribution < -0.4 is 5.32 Å². The van der Waals surface area contributed by atoms with Crippen LogP contribution in [-0.2, 0) is 4.79 Å². The van der Waals surface area contributed by atoms with Crippen molar-refractivity contribution in [3.8, 4) is 0 Å². The third kappa shape index (κ3) is 27.4. The van der Waals surface area contributed by atoms with E-state index in [1.807, 2.05) is 0 Å². The molecular weight excluding hydrogens is 538 g/mol. The predicted octanol–water partition coefficient (Wildman–Crippen LogP) is 8.90. The number of aliphatic hydroxyl groups is 4. The Bertz CT molecular complexity index is 575. The predicted molar refractivity (Wildman–Crippen MR) is 182 cm³/mol. The molecule has 0 aliphatic rings. The maximum absolute atomic E-state index is 12.4. The summed E-state index contributed by atoms with van der Waals surface area (Å²) in [6.45, 7) is 4.03. The van der Waals surface area contributed by atoms with E-state index in [-0.39, 0.29) is 0 Å². The summed E-state index contributed by atoms with van der Waals surface area (Å²) in [5.74, 6) is -0.582. The molecule has 0 aliphatic heterocycles. The minimum Gasteiger partial charge on any atom is -0.394 e. The standard InChI is InChI=1S/C37H75NO5/c1-3-5-7-9-11-13-15-17-19-21-23-25-27-29-31-35(41)37(43)38-33(32-39)36(42)34(40)30-28-26-24-22-20-18-16-14-12-10-8-6-4-2/h33-36,39-42H,3-32H2,1-2H3,(H,38,43). The number of hydrogen-bond donors (Lipinski definition) is 5. The van der Waals surface area contributed by atoms with E-state index >= 15 is 0 Å². The van der Waals surface area contributed by atoms with Crippen molar-refractivity contribution in [3.05, 3.63) is 0 Å². The van der Waals surface area contributed by atoms with Crippen molar-refractivity contribution in [1.82, 2.24) is 5.32 Å². The fourth-order valence-electron chi connectivity index (χ4n) is 5.99. The van der Waals surface area contributed by atoms with E-state index in [0.717, 1.165) is 38.5 Å². The Balaban J connectivity index is 3.79. The lowest BCUT2D eigenvalue weighted by atomic mass is 9.99. The molecule has 0 spiro atoms. The summed E-state index contributed by atoms with van der Waals surface area (Å²) in [5, 5.41) is 43.4. The number of nitrogens with one attached hydrogen (secondary N) is 1. The largest absolute Gasteiger partial charge is 0.394 e. The summed E-state index contributed by atoms with van der Waals surface area (Å²) in [4.78, 5) is 12.4. The quantitative estimate of drug-likeness (QED) is 0.0466. The van der Waals surface area contributed by atoms with E-state index < -0.39 is 36.9 Å². The first-order valence-electron chi connectivity index (χ1n) is 18.9. The minimum atomic E-state index is -1.25. The molecular formula is C37H75NO5. The molecule has 0 aromatic rings. The third-order valence-electron chi connectivity index (χ3n) is 9.07. The number of aliphatic hydroxyl groups excluding tert-OH is 4. The molecule has 0 fully saturated rings. The molecule has 0 rings (SSSR count). The molecule has 0 aromatic carbocycles. The molecule has 0 bridgehead atoms. The maximum atomic E-state index is 12.4. The topological polar surface area (TPSA) is 110 Å². The second-order valence-electron chi connectivity index (χ2n) is 13.3. The highest BCUT2D eigenvalue weighted by Crippen LogP contribution is 2.16. The van der Waals surface area contributed by atoms with Crippen LogP contribution in [0.25, 0.3) is 0 Å². The molecule has 0 radical (unpaired) electrons. The Morgan fingerprint density at radius 2 is 0.791 bits per heavy atom. The molecule has 6 nitrogen and oxygen atoms in total. The van der Waals surface area contributed by atoms with E-state index in [0.29, 0.717) is 12.8 Å². The van der Waals surface area contributed by atoms with Gasteiger partial charge in [0.2, 0.25) is 5.91 Å². The average molecular weight is 614 g/mol. The van der Waals surface area contributed by atoms with Crippen LogP contribution in [0, 0.1) is 0 Å². The van der Waals surface area contributed by atoms with Gasteiger partial charge in [0, 0.05) is 0 Å². The third-order valence-corrected chi connectivity index (χ3v) is 9.07. The molecule has 6 heteroatoms. The average Bonchev–Trinajstić information content (AvgIpc) is 3.01. The molecule has 0 saturated heterocycles. The molecule has 0 aliphatic carbocycles. The van der Waals surface area contributed by atoms with Gasteiger partial charge in [0.15, 0.2) is 0 Å². The van der Waals surface area contributed by atoms with E-state index in [9.17, 15) is 25.2 Å². The Morgan fingerprint density at radius 3 is 1.12 bits per heavy atom. The monoisotopic (exact) mass is 614 g/mol. The summed E-state index contributed by atoms with van der Waals surface area (Å²) < 4.78 is 0. The van der Waals surface area contributed by atoms with E-state index in [1.165, 1.54) is 135 Å². The zero-order valence-corrected chi connectivity index (χ0v) is 28.7. The summed E-state index contributed by atoms with van der Waals surface area (Å²) in [7, 11) is 0. The zero-order valence-electron chi connectivity index (χ0n) is 28.7. The highest BCUT2D eigenvalue weighted by Gasteiger charge is 2.28. The van der Waals surface area contributed by atoms with Crippen molar-refractivity contribution in [3.63, 3.8) is 0 Å². The van der Waals surface area contributed by atoms with E-state index in [2.05, 4.69) is 19.2 Å². The molecule has 0 heterocycles. The SMILES string of the molecule is CCCCCCCCCCCCCCCCC(O)C(=O)NC(CO)C(O)C(O)CCCCCCCCCCCCCCC. The van der Waals surface area contributed by atoms with Gasteiger partial charge in [-0.15, -0.1) is 0 Å². The van der Waals surface area contributed by atoms with E-state index in [4.69, 9.17) is 0 Å². The lowest BCUT2D eigenvalue weighted by Gasteiger charge is -2.27. The highest BCUT2D eigenvalue weighted by molar-refractivity contribution is 5.80. The second-order valence-corrected chi connectivity index (χ2v) is 13.3. The normalized spacial score (nSPS) is 14.5. The first-order chi connectivity index (χ1) is 21.0.